The Labute approximate surface area is 127 Å². The molecule has 4 heteroatoms. The molecule has 4 nitrogen and oxygen atoms in total. The summed E-state index contributed by atoms with van der Waals surface area (Å²) in [5, 5.41) is 13.4. The Hall–Kier alpha value is -1.29. The van der Waals surface area contributed by atoms with Crippen molar-refractivity contribution in [3.63, 3.8) is 0 Å². The molecule has 0 aromatic carbocycles. The molecule has 120 valence electrons. The Kier molecular flexibility index (Phi) is 5.26. The van der Waals surface area contributed by atoms with Crippen LogP contribution in [-0.2, 0) is 10.4 Å². The van der Waals surface area contributed by atoms with Crippen LogP contribution in [0.1, 0.15) is 58.1 Å². The zero-order valence-electron chi connectivity index (χ0n) is 14.3. The molecule has 0 aliphatic heterocycles. The van der Waals surface area contributed by atoms with Crippen LogP contribution >= 0.6 is 0 Å². The average molecular weight is 295 g/mol. The average Bonchev–Trinajstić information content (AvgIpc) is 2.65. The van der Waals surface area contributed by atoms with E-state index in [0.717, 1.165) is 11.3 Å². The molecule has 0 radical (unpaired) electrons. The van der Waals surface area contributed by atoms with E-state index < -0.39 is 5.60 Å². The van der Waals surface area contributed by atoms with E-state index in [4.69, 9.17) is 4.42 Å². The monoisotopic (exact) mass is 295 g/mol. The molecule has 0 aliphatic carbocycles. The normalized spacial score (nSPS) is 16.4. The first-order valence-electron chi connectivity index (χ1n) is 7.50. The smallest absolute Gasteiger partial charge is 0.220 e. The lowest BCUT2D eigenvalue weighted by atomic mass is 9.80. The van der Waals surface area contributed by atoms with E-state index in [1.54, 1.807) is 6.92 Å². The van der Waals surface area contributed by atoms with Crippen LogP contribution in [0.5, 0.6) is 0 Å². The van der Waals surface area contributed by atoms with Crippen LogP contribution in [-0.4, -0.2) is 17.6 Å². The highest BCUT2D eigenvalue weighted by molar-refractivity contribution is 5.76. The van der Waals surface area contributed by atoms with Crippen molar-refractivity contribution in [2.24, 2.45) is 11.3 Å². The number of rotatable bonds is 5. The molecule has 0 aliphatic rings. The fourth-order valence-corrected chi connectivity index (χ4v) is 2.19. The van der Waals surface area contributed by atoms with E-state index in [9.17, 15) is 9.90 Å². The summed E-state index contributed by atoms with van der Waals surface area (Å²) >= 11 is 0. The predicted octanol–water partition coefficient (Wildman–Crippen LogP) is 3.29. The van der Waals surface area contributed by atoms with Crippen LogP contribution in [0.2, 0.25) is 0 Å². The van der Waals surface area contributed by atoms with Gasteiger partial charge in [0.2, 0.25) is 5.91 Å². The molecule has 0 fully saturated rings. The van der Waals surface area contributed by atoms with Crippen LogP contribution < -0.4 is 5.32 Å². The van der Waals surface area contributed by atoms with Crippen molar-refractivity contribution in [2.45, 2.75) is 60.5 Å². The zero-order valence-corrected chi connectivity index (χ0v) is 14.3. The van der Waals surface area contributed by atoms with Crippen molar-refractivity contribution in [1.29, 1.82) is 0 Å². The van der Waals surface area contributed by atoms with Crippen molar-refractivity contribution in [3.8, 4) is 0 Å². The number of carbonyl (C=O) groups excluding carboxylic acids is 1. The highest BCUT2D eigenvalue weighted by Gasteiger charge is 2.29. The number of hydrogen-bond acceptors (Lipinski definition) is 3. The van der Waals surface area contributed by atoms with Crippen molar-refractivity contribution < 1.29 is 14.3 Å². The SMILES string of the molecule is Cc1cc(C(C)(O)CNC(=O)CC(C)C(C)(C)C)c(C)o1. The molecular weight excluding hydrogens is 266 g/mol. The number of hydrogen-bond donors (Lipinski definition) is 2. The van der Waals surface area contributed by atoms with Gasteiger partial charge in [-0.15, -0.1) is 0 Å². The quantitative estimate of drug-likeness (QED) is 0.876. The van der Waals surface area contributed by atoms with Gasteiger partial charge in [-0.3, -0.25) is 4.79 Å². The fraction of sp³-hybridized carbons (Fsp3) is 0.706. The Balaban J connectivity index is 2.62. The number of amides is 1. The molecule has 1 rings (SSSR count). The number of nitrogens with one attached hydrogen (secondary N) is 1. The van der Waals surface area contributed by atoms with Crippen LogP contribution in [0.4, 0.5) is 0 Å². The van der Waals surface area contributed by atoms with Gasteiger partial charge in [-0.05, 0) is 38.2 Å². The highest BCUT2D eigenvalue weighted by atomic mass is 16.3. The highest BCUT2D eigenvalue weighted by Crippen LogP contribution is 2.29. The number of furan rings is 1. The standard InChI is InChI=1S/C17H29NO3/c1-11(16(4,5)6)8-15(19)18-10-17(7,20)14-9-12(2)21-13(14)3/h9,11,20H,8,10H2,1-7H3,(H,18,19). The molecule has 1 aromatic heterocycles. The molecule has 21 heavy (non-hydrogen) atoms. The molecular formula is C17H29NO3. The third-order valence-corrected chi connectivity index (χ3v) is 4.22. The second-order valence-electron chi connectivity index (χ2n) is 7.35. The third-order valence-electron chi connectivity index (χ3n) is 4.22. The Morgan fingerprint density at radius 2 is 1.90 bits per heavy atom. The molecule has 0 bridgehead atoms. The van der Waals surface area contributed by atoms with Gasteiger partial charge < -0.3 is 14.8 Å². The minimum Gasteiger partial charge on any atom is -0.466 e. The van der Waals surface area contributed by atoms with Gasteiger partial charge >= 0.3 is 0 Å². The zero-order chi connectivity index (χ0) is 16.4. The van der Waals surface area contributed by atoms with Gasteiger partial charge in [-0.2, -0.15) is 0 Å². The first-order valence-corrected chi connectivity index (χ1v) is 7.50. The first kappa shape index (κ1) is 17.8. The van der Waals surface area contributed by atoms with Crippen LogP contribution in [0.15, 0.2) is 10.5 Å². The second kappa shape index (κ2) is 6.22. The third kappa shape index (κ3) is 4.88. The maximum absolute atomic E-state index is 12.0. The van der Waals surface area contributed by atoms with Crippen LogP contribution in [0.25, 0.3) is 0 Å². The van der Waals surface area contributed by atoms with Crippen molar-refractivity contribution in [2.75, 3.05) is 6.54 Å². The minimum atomic E-state index is -1.12. The Morgan fingerprint density at radius 1 is 1.33 bits per heavy atom. The lowest BCUT2D eigenvalue weighted by molar-refractivity contribution is -0.123. The minimum absolute atomic E-state index is 0.0319. The van der Waals surface area contributed by atoms with Crippen molar-refractivity contribution >= 4 is 5.91 Å². The summed E-state index contributed by atoms with van der Waals surface area (Å²) in [5.41, 5.74) is -0.301. The molecule has 2 N–H and O–H groups in total. The molecule has 1 heterocycles. The van der Waals surface area contributed by atoms with Crippen molar-refractivity contribution in [3.05, 3.63) is 23.2 Å². The Bertz CT molecular complexity index is 495. The fourth-order valence-electron chi connectivity index (χ4n) is 2.19. The van der Waals surface area contributed by atoms with Crippen molar-refractivity contribution in [1.82, 2.24) is 5.32 Å². The molecule has 2 unspecified atom stereocenters. The van der Waals surface area contributed by atoms with Gasteiger partial charge in [-0.25, -0.2) is 0 Å². The van der Waals surface area contributed by atoms with Crippen LogP contribution in [0, 0.1) is 25.2 Å². The summed E-state index contributed by atoms with van der Waals surface area (Å²) in [4.78, 5) is 12.0. The summed E-state index contributed by atoms with van der Waals surface area (Å²) in [6.45, 7) is 14.0. The van der Waals surface area contributed by atoms with Gasteiger partial charge in [-0.1, -0.05) is 27.7 Å². The molecule has 2 atom stereocenters. The topological polar surface area (TPSA) is 62.5 Å². The Morgan fingerprint density at radius 3 is 2.33 bits per heavy atom. The van der Waals surface area contributed by atoms with Gasteiger partial charge in [0, 0.05) is 12.0 Å². The summed E-state index contributed by atoms with van der Waals surface area (Å²) in [6, 6.07) is 1.82. The van der Waals surface area contributed by atoms with Gasteiger partial charge in [0.1, 0.15) is 17.1 Å². The number of carbonyl (C=O) groups is 1. The van der Waals surface area contributed by atoms with E-state index in [2.05, 4.69) is 33.0 Å². The lowest BCUT2D eigenvalue weighted by Gasteiger charge is -2.28. The second-order valence-corrected chi connectivity index (χ2v) is 7.35. The lowest BCUT2D eigenvalue weighted by Crippen LogP contribution is -2.39. The summed E-state index contributed by atoms with van der Waals surface area (Å²) in [6.07, 6.45) is 0.461. The summed E-state index contributed by atoms with van der Waals surface area (Å²) in [5.74, 6) is 1.70. The summed E-state index contributed by atoms with van der Waals surface area (Å²) in [7, 11) is 0. The summed E-state index contributed by atoms with van der Waals surface area (Å²) < 4.78 is 5.44. The van der Waals surface area contributed by atoms with Crippen LogP contribution in [0.3, 0.4) is 0 Å². The van der Waals surface area contributed by atoms with E-state index in [1.807, 2.05) is 19.9 Å². The molecule has 0 saturated carbocycles. The van der Waals surface area contributed by atoms with Gasteiger partial charge in [0.15, 0.2) is 0 Å². The largest absolute Gasteiger partial charge is 0.466 e. The first-order chi connectivity index (χ1) is 9.43. The van der Waals surface area contributed by atoms with Gasteiger partial charge in [0.25, 0.3) is 0 Å². The van der Waals surface area contributed by atoms with Gasteiger partial charge in [0.05, 0.1) is 6.54 Å². The van der Waals surface area contributed by atoms with E-state index in [1.165, 1.54) is 0 Å². The molecule has 1 amide bonds. The van der Waals surface area contributed by atoms with E-state index in [0.29, 0.717) is 12.2 Å². The van der Waals surface area contributed by atoms with E-state index in [-0.39, 0.29) is 23.8 Å². The molecule has 0 saturated heterocycles. The maximum atomic E-state index is 12.0. The predicted molar refractivity (Wildman–Crippen MR) is 84.0 cm³/mol. The number of aliphatic hydroxyl groups is 1. The maximum Gasteiger partial charge on any atom is 0.220 e. The molecule has 0 spiro atoms. The molecule has 1 aromatic rings. The number of aryl methyl sites for hydroxylation is 2. The van der Waals surface area contributed by atoms with E-state index >= 15 is 0 Å².